The fourth-order valence-electron chi connectivity index (χ4n) is 3.99. The van der Waals surface area contributed by atoms with Crippen molar-refractivity contribution in [2.45, 2.75) is 39.9 Å². The van der Waals surface area contributed by atoms with Crippen LogP contribution in [0.3, 0.4) is 0 Å². The maximum atomic E-state index is 14.8. The van der Waals surface area contributed by atoms with Gasteiger partial charge in [-0.2, -0.15) is 23.5 Å². The maximum absolute atomic E-state index is 14.8. The van der Waals surface area contributed by atoms with Gasteiger partial charge in [0.2, 0.25) is 0 Å². The fraction of sp³-hybridized carbons (Fsp3) is 0.320. The normalized spacial score (nSPS) is 13.1. The Bertz CT molecular complexity index is 1380. The molecule has 1 aromatic heterocycles. The predicted octanol–water partition coefficient (Wildman–Crippen LogP) is 6.30. The lowest BCUT2D eigenvalue weighted by molar-refractivity contribution is -0.137. The Kier molecular flexibility index (Phi) is 9.26. The first-order valence-corrected chi connectivity index (χ1v) is 13.8. The van der Waals surface area contributed by atoms with Crippen LogP contribution in [0.2, 0.25) is 5.02 Å². The van der Waals surface area contributed by atoms with E-state index in [-0.39, 0.29) is 48.4 Å². The monoisotopic (exact) mass is 566 g/mol. The number of hydrogen-bond acceptors (Lipinski definition) is 4. The van der Waals surface area contributed by atoms with E-state index >= 15 is 0 Å². The van der Waals surface area contributed by atoms with Crippen LogP contribution in [0.5, 0.6) is 0 Å². The molecule has 0 aliphatic carbocycles. The van der Waals surface area contributed by atoms with Gasteiger partial charge in [-0.15, -0.1) is 0 Å². The molecule has 3 aromatic rings. The quantitative estimate of drug-likeness (QED) is 0.279. The fourth-order valence-corrected chi connectivity index (χ4v) is 6.88. The third-order valence-corrected chi connectivity index (χ3v) is 9.09. The van der Waals surface area contributed by atoms with E-state index in [9.17, 15) is 22.5 Å². The number of carbonyl (C=O) groups is 1. The van der Waals surface area contributed by atoms with Crippen LogP contribution in [-0.2, 0) is 17.3 Å². The maximum Gasteiger partial charge on any atom is 0.416 e. The Morgan fingerprint density at radius 2 is 1.84 bits per heavy atom. The van der Waals surface area contributed by atoms with Crippen molar-refractivity contribution in [1.82, 2.24) is 14.5 Å². The van der Waals surface area contributed by atoms with E-state index in [1.165, 1.54) is 28.9 Å². The molecular formula is C25H27ClF3N6O2P. The van der Waals surface area contributed by atoms with E-state index in [2.05, 4.69) is 15.5 Å². The number of halogens is 4. The van der Waals surface area contributed by atoms with Gasteiger partial charge in [0, 0.05) is 29.4 Å². The van der Waals surface area contributed by atoms with Crippen molar-refractivity contribution in [3.05, 3.63) is 70.4 Å². The Hall–Kier alpha value is -3.32. The number of rotatable bonds is 10. The van der Waals surface area contributed by atoms with Crippen molar-refractivity contribution in [3.8, 4) is 6.07 Å². The molecule has 2 aromatic carbocycles. The van der Waals surface area contributed by atoms with Gasteiger partial charge in [0.25, 0.3) is 13.4 Å². The van der Waals surface area contributed by atoms with E-state index in [1.807, 2.05) is 6.07 Å². The molecule has 0 saturated heterocycles. The highest BCUT2D eigenvalue weighted by Gasteiger charge is 2.39. The molecule has 38 heavy (non-hydrogen) atoms. The minimum atomic E-state index is -4.59. The SMILES string of the molecule is CCN(CC)P(=O)(Nc1cccc(C(F)(F)F)c1)c1c(C)nn(CCC#N)c1NC(=O)c1ccc(Cl)cc1. The minimum absolute atomic E-state index is 0.00536. The molecule has 0 radical (unpaired) electrons. The molecule has 1 heterocycles. The molecule has 8 nitrogen and oxygen atoms in total. The molecule has 0 saturated carbocycles. The summed E-state index contributed by atoms with van der Waals surface area (Å²) < 4.78 is 58.0. The Morgan fingerprint density at radius 3 is 2.42 bits per heavy atom. The summed E-state index contributed by atoms with van der Waals surface area (Å²) in [5.41, 5.74) is -0.334. The summed E-state index contributed by atoms with van der Waals surface area (Å²) in [6.45, 7) is 5.80. The van der Waals surface area contributed by atoms with Gasteiger partial charge in [0.15, 0.2) is 0 Å². The summed E-state index contributed by atoms with van der Waals surface area (Å²) in [5, 5.41) is 19.8. The van der Waals surface area contributed by atoms with Crippen LogP contribution in [-0.4, -0.2) is 33.4 Å². The average Bonchev–Trinajstić information content (AvgIpc) is 3.18. The van der Waals surface area contributed by atoms with Crippen molar-refractivity contribution in [1.29, 1.82) is 5.26 Å². The van der Waals surface area contributed by atoms with E-state index in [1.54, 1.807) is 37.6 Å². The number of aromatic nitrogens is 2. The third-order valence-electron chi connectivity index (χ3n) is 5.77. The molecule has 0 spiro atoms. The molecule has 1 unspecified atom stereocenters. The lowest BCUT2D eigenvalue weighted by Gasteiger charge is -2.32. The van der Waals surface area contributed by atoms with E-state index in [0.29, 0.717) is 10.7 Å². The highest BCUT2D eigenvalue weighted by Crippen LogP contribution is 2.51. The molecule has 0 aliphatic heterocycles. The summed E-state index contributed by atoms with van der Waals surface area (Å²) in [7, 11) is -3.90. The first-order valence-electron chi connectivity index (χ1n) is 11.8. The van der Waals surface area contributed by atoms with Crippen molar-refractivity contribution in [2.24, 2.45) is 0 Å². The number of nitriles is 1. The number of benzene rings is 2. The van der Waals surface area contributed by atoms with Crippen LogP contribution >= 0.6 is 19.0 Å². The zero-order valence-electron chi connectivity index (χ0n) is 21.0. The number of nitrogens with zero attached hydrogens (tertiary/aromatic N) is 4. The van der Waals surface area contributed by atoms with Gasteiger partial charge in [0.05, 0.1) is 30.3 Å². The number of alkyl halides is 3. The molecule has 13 heteroatoms. The topological polar surface area (TPSA) is 103 Å². The first-order chi connectivity index (χ1) is 17.9. The van der Waals surface area contributed by atoms with Gasteiger partial charge in [-0.25, -0.2) is 9.35 Å². The predicted molar refractivity (Wildman–Crippen MR) is 142 cm³/mol. The number of amides is 1. The lowest BCUT2D eigenvalue weighted by atomic mass is 10.2. The van der Waals surface area contributed by atoms with Crippen LogP contribution < -0.4 is 15.7 Å². The molecule has 1 atom stereocenters. The Balaban J connectivity index is 2.18. The number of nitrogens with one attached hydrogen (secondary N) is 2. The second-order valence-electron chi connectivity index (χ2n) is 8.28. The molecule has 0 aliphatic rings. The Labute approximate surface area is 223 Å². The average molecular weight is 567 g/mol. The Morgan fingerprint density at radius 1 is 1.18 bits per heavy atom. The van der Waals surface area contributed by atoms with Gasteiger partial charge in [-0.1, -0.05) is 31.5 Å². The summed E-state index contributed by atoms with van der Waals surface area (Å²) in [6, 6.07) is 12.6. The molecule has 3 rings (SSSR count). The smallest absolute Gasteiger partial charge is 0.321 e. The number of anilines is 2. The van der Waals surface area contributed by atoms with Crippen LogP contribution in [0.25, 0.3) is 0 Å². The summed E-state index contributed by atoms with van der Waals surface area (Å²) in [4.78, 5) is 13.2. The lowest BCUT2D eigenvalue weighted by Crippen LogP contribution is -2.33. The molecule has 202 valence electrons. The second kappa shape index (κ2) is 12.0. The van der Waals surface area contributed by atoms with E-state index < -0.39 is 25.1 Å². The zero-order chi connectivity index (χ0) is 28.1. The van der Waals surface area contributed by atoms with E-state index in [4.69, 9.17) is 16.9 Å². The van der Waals surface area contributed by atoms with Crippen molar-refractivity contribution < 1.29 is 22.5 Å². The van der Waals surface area contributed by atoms with E-state index in [0.717, 1.165) is 12.1 Å². The number of aryl methyl sites for hydroxylation is 2. The van der Waals surface area contributed by atoms with Crippen LogP contribution in [0, 0.1) is 18.3 Å². The summed E-state index contributed by atoms with van der Waals surface area (Å²) >= 11 is 5.93. The molecule has 0 bridgehead atoms. The first kappa shape index (κ1) is 29.2. The highest BCUT2D eigenvalue weighted by molar-refractivity contribution is 7.71. The van der Waals surface area contributed by atoms with Gasteiger partial charge >= 0.3 is 6.18 Å². The summed E-state index contributed by atoms with van der Waals surface area (Å²) in [6.07, 6.45) is -4.53. The third kappa shape index (κ3) is 6.38. The van der Waals surface area contributed by atoms with Crippen LogP contribution in [0.4, 0.5) is 24.7 Å². The van der Waals surface area contributed by atoms with Gasteiger partial charge < -0.3 is 10.4 Å². The second-order valence-corrected chi connectivity index (χ2v) is 11.1. The number of hydrogen-bond donors (Lipinski definition) is 2. The van der Waals surface area contributed by atoms with Gasteiger partial charge in [-0.05, 0) is 49.4 Å². The highest BCUT2D eigenvalue weighted by atomic mass is 35.5. The molecule has 2 N–H and O–H groups in total. The van der Waals surface area contributed by atoms with Crippen molar-refractivity contribution in [2.75, 3.05) is 23.5 Å². The van der Waals surface area contributed by atoms with Crippen LogP contribution in [0.15, 0.2) is 48.5 Å². The van der Waals surface area contributed by atoms with Gasteiger partial charge in [0.1, 0.15) is 11.1 Å². The minimum Gasteiger partial charge on any atom is -0.321 e. The van der Waals surface area contributed by atoms with Crippen molar-refractivity contribution >= 4 is 41.8 Å². The van der Waals surface area contributed by atoms with Crippen molar-refractivity contribution in [3.63, 3.8) is 0 Å². The number of carbonyl (C=O) groups excluding carboxylic acids is 1. The summed E-state index contributed by atoms with van der Waals surface area (Å²) in [5.74, 6) is -0.446. The molecule has 1 amide bonds. The zero-order valence-corrected chi connectivity index (χ0v) is 22.7. The van der Waals surface area contributed by atoms with Gasteiger partial charge in [-0.3, -0.25) is 9.36 Å². The molecule has 0 fully saturated rings. The standard InChI is InChI=1S/C25H27ClF3N6O2P/c1-4-34(5-2)38(37,33-21-9-6-8-19(16-21)25(27,28)29)22-17(3)32-35(15-7-14-30)23(22)31-24(36)18-10-12-20(26)13-11-18/h6,8-13,16H,4-5,7,15H2,1-3H3,(H,31,36)(H,33,37). The van der Waals surface area contributed by atoms with Crippen LogP contribution in [0.1, 0.15) is 41.9 Å². The molecular weight excluding hydrogens is 540 g/mol. The largest absolute Gasteiger partial charge is 0.416 e.